The fraction of sp³-hybridized carbons (Fsp3) is 0.389. The molecule has 0 radical (unpaired) electrons. The molecule has 1 aromatic rings. The number of urea groups is 1. The number of nitrogens with one attached hydrogen (secondary N) is 2. The van der Waals surface area contributed by atoms with Gasteiger partial charge < -0.3 is 15.7 Å². The summed E-state index contributed by atoms with van der Waals surface area (Å²) in [7, 11) is 0. The first-order chi connectivity index (χ1) is 11.9. The Labute approximate surface area is 146 Å². The van der Waals surface area contributed by atoms with Crippen LogP contribution in [0.5, 0.6) is 0 Å². The molecule has 1 aromatic carbocycles. The first-order valence-corrected chi connectivity index (χ1v) is 8.20. The number of aliphatic carboxylic acids is 1. The van der Waals surface area contributed by atoms with Gasteiger partial charge in [0.1, 0.15) is 12.1 Å². The van der Waals surface area contributed by atoms with Crippen molar-refractivity contribution in [2.45, 2.75) is 32.4 Å². The maximum absolute atomic E-state index is 12.7. The molecule has 1 heterocycles. The van der Waals surface area contributed by atoms with Crippen LogP contribution in [-0.2, 0) is 16.0 Å². The van der Waals surface area contributed by atoms with E-state index in [1.807, 2.05) is 44.2 Å². The molecule has 3 amide bonds. The van der Waals surface area contributed by atoms with Gasteiger partial charge in [-0.05, 0) is 17.6 Å². The third kappa shape index (κ3) is 4.82. The first kappa shape index (κ1) is 18.5. The first-order valence-electron chi connectivity index (χ1n) is 8.20. The zero-order valence-corrected chi connectivity index (χ0v) is 14.3. The minimum absolute atomic E-state index is 0.175. The van der Waals surface area contributed by atoms with Crippen LogP contribution < -0.4 is 10.6 Å². The lowest BCUT2D eigenvalue weighted by atomic mass is 10.00. The van der Waals surface area contributed by atoms with Gasteiger partial charge in [-0.25, -0.2) is 9.59 Å². The normalized spacial score (nSPS) is 16.3. The van der Waals surface area contributed by atoms with E-state index in [2.05, 4.69) is 10.6 Å². The van der Waals surface area contributed by atoms with Crippen LogP contribution in [-0.4, -0.2) is 46.5 Å². The summed E-state index contributed by atoms with van der Waals surface area (Å²) < 4.78 is 0. The summed E-state index contributed by atoms with van der Waals surface area (Å²) in [4.78, 5) is 37.6. The summed E-state index contributed by atoms with van der Waals surface area (Å²) in [5, 5.41) is 14.7. The molecule has 7 nitrogen and oxygen atoms in total. The molecule has 1 aliphatic heterocycles. The molecule has 2 unspecified atom stereocenters. The minimum atomic E-state index is -1.11. The van der Waals surface area contributed by atoms with Crippen molar-refractivity contribution < 1.29 is 19.5 Å². The third-order valence-corrected chi connectivity index (χ3v) is 3.97. The molecule has 0 fully saturated rings. The van der Waals surface area contributed by atoms with E-state index in [1.165, 1.54) is 4.90 Å². The Kier molecular flexibility index (Phi) is 6.16. The number of carbonyl (C=O) groups excluding carboxylic acids is 2. The summed E-state index contributed by atoms with van der Waals surface area (Å²) >= 11 is 0. The average Bonchev–Trinajstić information content (AvgIpc) is 2.57. The standard InChI is InChI=1S/C18H23N3O4/c1-12(2)15(21-10-6-9-19-18(21)25)16(22)20-14(17(23)24)11-13-7-4-3-5-8-13/h3-8,10,12,14-15H,9,11H2,1-2H3,(H,19,25)(H,20,22)(H,23,24). The SMILES string of the molecule is CC(C)C(C(=O)NC(Cc1ccccc1)C(=O)O)N1C=CCNC1=O. The van der Waals surface area contributed by atoms with Crippen LogP contribution in [0.2, 0.25) is 0 Å². The topological polar surface area (TPSA) is 98.7 Å². The molecule has 7 heteroatoms. The Morgan fingerprint density at radius 3 is 2.52 bits per heavy atom. The van der Waals surface area contributed by atoms with Gasteiger partial charge >= 0.3 is 12.0 Å². The summed E-state index contributed by atoms with van der Waals surface area (Å²) in [6.07, 6.45) is 3.48. The third-order valence-electron chi connectivity index (χ3n) is 3.97. The van der Waals surface area contributed by atoms with Crippen molar-refractivity contribution in [2.24, 2.45) is 5.92 Å². The van der Waals surface area contributed by atoms with Gasteiger partial charge in [0.05, 0.1) is 0 Å². The Morgan fingerprint density at radius 1 is 1.28 bits per heavy atom. The van der Waals surface area contributed by atoms with Gasteiger partial charge in [0.15, 0.2) is 0 Å². The second-order valence-electron chi connectivity index (χ2n) is 6.26. The molecule has 0 aliphatic carbocycles. The van der Waals surface area contributed by atoms with E-state index in [4.69, 9.17) is 0 Å². The highest BCUT2D eigenvalue weighted by Gasteiger charge is 2.34. The minimum Gasteiger partial charge on any atom is -0.480 e. The Balaban J connectivity index is 2.14. The Hall–Kier alpha value is -2.83. The lowest BCUT2D eigenvalue weighted by Crippen LogP contribution is -2.56. The Bertz CT molecular complexity index is 658. The predicted octanol–water partition coefficient (Wildman–Crippen LogP) is 1.36. The maximum Gasteiger partial charge on any atom is 0.326 e. The van der Waals surface area contributed by atoms with E-state index in [0.29, 0.717) is 6.54 Å². The molecular weight excluding hydrogens is 322 g/mol. The monoisotopic (exact) mass is 345 g/mol. The number of carboxylic acid groups (broad SMARTS) is 1. The van der Waals surface area contributed by atoms with E-state index in [1.54, 1.807) is 12.3 Å². The van der Waals surface area contributed by atoms with Crippen molar-refractivity contribution in [3.8, 4) is 0 Å². The number of amides is 3. The van der Waals surface area contributed by atoms with Gasteiger partial charge in [-0.15, -0.1) is 0 Å². The Morgan fingerprint density at radius 2 is 1.96 bits per heavy atom. The van der Waals surface area contributed by atoms with Crippen LogP contribution in [0.3, 0.4) is 0 Å². The molecule has 1 aliphatic rings. The lowest BCUT2D eigenvalue weighted by Gasteiger charge is -2.33. The van der Waals surface area contributed by atoms with Crippen LogP contribution in [0, 0.1) is 5.92 Å². The van der Waals surface area contributed by atoms with E-state index < -0.39 is 24.0 Å². The maximum atomic E-state index is 12.7. The number of rotatable bonds is 7. The fourth-order valence-corrected chi connectivity index (χ4v) is 2.75. The summed E-state index contributed by atoms with van der Waals surface area (Å²) in [5.74, 6) is -1.78. The molecule has 0 spiro atoms. The summed E-state index contributed by atoms with van der Waals surface area (Å²) in [6, 6.07) is 6.87. The van der Waals surface area contributed by atoms with Gasteiger partial charge in [0, 0.05) is 19.2 Å². The lowest BCUT2D eigenvalue weighted by molar-refractivity contribution is -0.142. The molecule has 134 valence electrons. The van der Waals surface area contributed by atoms with Crippen LogP contribution >= 0.6 is 0 Å². The van der Waals surface area contributed by atoms with E-state index >= 15 is 0 Å². The highest BCUT2D eigenvalue weighted by atomic mass is 16.4. The van der Waals surface area contributed by atoms with Crippen molar-refractivity contribution in [1.29, 1.82) is 0 Å². The number of carbonyl (C=O) groups is 3. The highest BCUT2D eigenvalue weighted by molar-refractivity contribution is 5.91. The van der Waals surface area contributed by atoms with E-state index in [-0.39, 0.29) is 18.4 Å². The fourth-order valence-electron chi connectivity index (χ4n) is 2.75. The number of nitrogens with zero attached hydrogens (tertiary/aromatic N) is 1. The van der Waals surface area contributed by atoms with Crippen LogP contribution in [0.1, 0.15) is 19.4 Å². The van der Waals surface area contributed by atoms with Crippen molar-refractivity contribution in [2.75, 3.05) is 6.54 Å². The van der Waals surface area contributed by atoms with Crippen molar-refractivity contribution in [3.05, 3.63) is 48.2 Å². The van der Waals surface area contributed by atoms with E-state index in [0.717, 1.165) is 5.56 Å². The molecule has 0 aromatic heterocycles. The molecular formula is C18H23N3O4. The molecule has 0 saturated heterocycles. The van der Waals surface area contributed by atoms with Gasteiger partial charge in [-0.3, -0.25) is 9.69 Å². The highest BCUT2D eigenvalue weighted by Crippen LogP contribution is 2.15. The quantitative estimate of drug-likeness (QED) is 0.695. The van der Waals surface area contributed by atoms with Crippen LogP contribution in [0.15, 0.2) is 42.6 Å². The van der Waals surface area contributed by atoms with Crippen LogP contribution in [0.25, 0.3) is 0 Å². The number of carboxylic acids is 1. The predicted molar refractivity (Wildman–Crippen MR) is 92.7 cm³/mol. The molecule has 25 heavy (non-hydrogen) atoms. The number of hydrogen-bond acceptors (Lipinski definition) is 3. The van der Waals surface area contributed by atoms with Crippen molar-refractivity contribution >= 4 is 17.9 Å². The number of hydrogen-bond donors (Lipinski definition) is 3. The van der Waals surface area contributed by atoms with Crippen molar-refractivity contribution in [1.82, 2.24) is 15.5 Å². The second-order valence-corrected chi connectivity index (χ2v) is 6.26. The average molecular weight is 345 g/mol. The van der Waals surface area contributed by atoms with Gasteiger partial charge in [-0.2, -0.15) is 0 Å². The molecule has 2 atom stereocenters. The molecule has 3 N–H and O–H groups in total. The van der Waals surface area contributed by atoms with E-state index in [9.17, 15) is 19.5 Å². The summed E-state index contributed by atoms with van der Waals surface area (Å²) in [6.45, 7) is 4.04. The van der Waals surface area contributed by atoms with Gasteiger partial charge in [0.25, 0.3) is 0 Å². The van der Waals surface area contributed by atoms with Crippen molar-refractivity contribution in [3.63, 3.8) is 0 Å². The summed E-state index contributed by atoms with van der Waals surface area (Å²) in [5.41, 5.74) is 0.812. The smallest absolute Gasteiger partial charge is 0.326 e. The number of benzene rings is 1. The van der Waals surface area contributed by atoms with Gasteiger partial charge in [-0.1, -0.05) is 44.2 Å². The van der Waals surface area contributed by atoms with Gasteiger partial charge in [0.2, 0.25) is 5.91 Å². The molecule has 0 saturated carbocycles. The second kappa shape index (κ2) is 8.32. The molecule has 0 bridgehead atoms. The zero-order valence-electron chi connectivity index (χ0n) is 14.3. The largest absolute Gasteiger partial charge is 0.480 e. The van der Waals surface area contributed by atoms with Crippen LogP contribution in [0.4, 0.5) is 4.79 Å². The molecule has 2 rings (SSSR count). The zero-order chi connectivity index (χ0) is 18.4.